The fourth-order valence-corrected chi connectivity index (χ4v) is 3.87. The van der Waals surface area contributed by atoms with Gasteiger partial charge in [0.05, 0.1) is 23.4 Å². The van der Waals surface area contributed by atoms with Crippen molar-refractivity contribution >= 4 is 15.5 Å². The van der Waals surface area contributed by atoms with E-state index < -0.39 is 9.84 Å². The molecule has 0 radical (unpaired) electrons. The lowest BCUT2D eigenvalue weighted by Crippen LogP contribution is -2.45. The number of rotatable bonds is 4. The maximum atomic E-state index is 12.4. The molecule has 1 aromatic carbocycles. The first-order valence-corrected chi connectivity index (χ1v) is 8.50. The van der Waals surface area contributed by atoms with Gasteiger partial charge in [-0.25, -0.2) is 8.42 Å². The Labute approximate surface area is 120 Å². The van der Waals surface area contributed by atoms with Crippen molar-refractivity contribution in [3.63, 3.8) is 0 Å². The van der Waals surface area contributed by atoms with E-state index in [9.17, 15) is 8.42 Å². The first-order chi connectivity index (χ1) is 9.42. The molecule has 6 heteroatoms. The highest BCUT2D eigenvalue weighted by atomic mass is 32.2. The van der Waals surface area contributed by atoms with E-state index in [4.69, 9.17) is 10.5 Å². The summed E-state index contributed by atoms with van der Waals surface area (Å²) in [6.07, 6.45) is -0.258. The molecule has 0 saturated carbocycles. The lowest BCUT2D eigenvalue weighted by atomic mass is 10.2. The van der Waals surface area contributed by atoms with E-state index in [0.29, 0.717) is 23.7 Å². The number of nitrogens with two attached hydrogens (primary N) is 1. The van der Waals surface area contributed by atoms with E-state index in [2.05, 4.69) is 11.8 Å². The minimum Gasteiger partial charge on any atom is -0.399 e. The summed E-state index contributed by atoms with van der Waals surface area (Å²) in [5.41, 5.74) is 7.12. The highest BCUT2D eigenvalue weighted by Gasteiger charge is 2.26. The molecule has 0 aromatic heterocycles. The van der Waals surface area contributed by atoms with Crippen molar-refractivity contribution in [1.29, 1.82) is 0 Å². The third-order valence-electron chi connectivity index (χ3n) is 3.68. The van der Waals surface area contributed by atoms with Gasteiger partial charge in [0, 0.05) is 18.8 Å². The Morgan fingerprint density at radius 2 is 2.20 bits per heavy atom. The molecule has 1 aliphatic heterocycles. The van der Waals surface area contributed by atoms with Crippen molar-refractivity contribution in [2.45, 2.75) is 24.8 Å². The number of hydrogen-bond donors (Lipinski definition) is 1. The van der Waals surface area contributed by atoms with Crippen LogP contribution in [-0.4, -0.2) is 51.4 Å². The average molecular weight is 298 g/mol. The molecule has 2 rings (SSSR count). The summed E-state index contributed by atoms with van der Waals surface area (Å²) in [4.78, 5) is 2.53. The number of sulfone groups is 1. The van der Waals surface area contributed by atoms with Gasteiger partial charge in [0.15, 0.2) is 9.84 Å². The molecule has 20 heavy (non-hydrogen) atoms. The summed E-state index contributed by atoms with van der Waals surface area (Å²) in [6.45, 7) is 6.93. The van der Waals surface area contributed by atoms with E-state index in [0.717, 1.165) is 18.7 Å². The Balaban J connectivity index is 2.12. The van der Waals surface area contributed by atoms with Gasteiger partial charge < -0.3 is 10.5 Å². The third kappa shape index (κ3) is 3.50. The third-order valence-corrected chi connectivity index (χ3v) is 5.46. The number of ether oxygens (including phenoxy) is 1. The molecule has 1 saturated heterocycles. The van der Waals surface area contributed by atoms with E-state index in [1.807, 2.05) is 6.92 Å². The molecule has 5 nitrogen and oxygen atoms in total. The molecule has 112 valence electrons. The molecule has 0 amide bonds. The van der Waals surface area contributed by atoms with Crippen molar-refractivity contribution in [2.75, 3.05) is 37.7 Å². The standard InChI is InChI=1S/C14H22N2O3S/c1-3-16-6-7-19-12(9-16)10-20(17,18)13-4-5-14(15)11(2)8-13/h4-5,8,12H,3,6-7,9-10,15H2,1-2H3. The molecule has 1 atom stereocenters. The zero-order valence-corrected chi connectivity index (χ0v) is 12.8. The van der Waals surface area contributed by atoms with Crippen LogP contribution in [0.5, 0.6) is 0 Å². The molecule has 0 bridgehead atoms. The second-order valence-electron chi connectivity index (χ2n) is 5.19. The summed E-state index contributed by atoms with van der Waals surface area (Å²) in [7, 11) is -3.34. The monoisotopic (exact) mass is 298 g/mol. The SMILES string of the molecule is CCN1CCOC(CS(=O)(=O)c2ccc(N)c(C)c2)C1. The fraction of sp³-hybridized carbons (Fsp3) is 0.571. The molecule has 2 N–H and O–H groups in total. The first kappa shape index (κ1) is 15.3. The number of hydrogen-bond acceptors (Lipinski definition) is 5. The molecule has 1 heterocycles. The van der Waals surface area contributed by atoms with Gasteiger partial charge >= 0.3 is 0 Å². The van der Waals surface area contributed by atoms with Crippen molar-refractivity contribution in [1.82, 2.24) is 4.90 Å². The van der Waals surface area contributed by atoms with Crippen molar-refractivity contribution < 1.29 is 13.2 Å². The summed E-state index contributed by atoms with van der Waals surface area (Å²) in [6, 6.07) is 4.84. The zero-order chi connectivity index (χ0) is 14.8. The Bertz CT molecular complexity index is 572. The highest BCUT2D eigenvalue weighted by molar-refractivity contribution is 7.91. The number of anilines is 1. The van der Waals surface area contributed by atoms with Crippen LogP contribution in [0.2, 0.25) is 0 Å². The molecular formula is C14H22N2O3S. The van der Waals surface area contributed by atoms with Crippen LogP contribution in [0.4, 0.5) is 5.69 Å². The zero-order valence-electron chi connectivity index (χ0n) is 12.0. The summed E-state index contributed by atoms with van der Waals surface area (Å²) < 4.78 is 30.4. The predicted octanol–water partition coefficient (Wildman–Crippen LogP) is 1.07. The Morgan fingerprint density at radius 1 is 1.45 bits per heavy atom. The van der Waals surface area contributed by atoms with Crippen LogP contribution in [0.25, 0.3) is 0 Å². The lowest BCUT2D eigenvalue weighted by molar-refractivity contribution is -0.0145. The van der Waals surface area contributed by atoms with Crippen molar-refractivity contribution in [2.24, 2.45) is 0 Å². The van der Waals surface area contributed by atoms with Gasteiger partial charge in [0.2, 0.25) is 0 Å². The maximum absolute atomic E-state index is 12.4. The van der Waals surface area contributed by atoms with Gasteiger partial charge in [-0.2, -0.15) is 0 Å². The van der Waals surface area contributed by atoms with Gasteiger partial charge in [0.1, 0.15) is 0 Å². The summed E-state index contributed by atoms with van der Waals surface area (Å²) in [5, 5.41) is 0. The van der Waals surface area contributed by atoms with Crippen LogP contribution >= 0.6 is 0 Å². The number of aryl methyl sites for hydroxylation is 1. The van der Waals surface area contributed by atoms with Gasteiger partial charge in [-0.3, -0.25) is 4.90 Å². The molecule has 1 aliphatic rings. The van der Waals surface area contributed by atoms with Crippen LogP contribution in [0.3, 0.4) is 0 Å². The maximum Gasteiger partial charge on any atom is 0.180 e. The van der Waals surface area contributed by atoms with Crippen LogP contribution in [0, 0.1) is 6.92 Å². The summed E-state index contributed by atoms with van der Waals surface area (Å²) in [5.74, 6) is 0.0207. The number of nitrogen functional groups attached to an aromatic ring is 1. The largest absolute Gasteiger partial charge is 0.399 e. The van der Waals surface area contributed by atoms with Crippen molar-refractivity contribution in [3.8, 4) is 0 Å². The molecule has 1 fully saturated rings. The number of morpholine rings is 1. The summed E-state index contributed by atoms with van der Waals surface area (Å²) >= 11 is 0. The normalized spacial score (nSPS) is 21.0. The predicted molar refractivity (Wildman–Crippen MR) is 79.5 cm³/mol. The number of likely N-dealkylation sites (N-methyl/N-ethyl adjacent to an activating group) is 1. The minimum atomic E-state index is -3.34. The minimum absolute atomic E-state index is 0.0207. The fourth-order valence-electron chi connectivity index (χ4n) is 2.35. The molecule has 1 unspecified atom stereocenters. The highest BCUT2D eigenvalue weighted by Crippen LogP contribution is 2.20. The van der Waals surface area contributed by atoms with Crippen molar-refractivity contribution in [3.05, 3.63) is 23.8 Å². The van der Waals surface area contributed by atoms with E-state index >= 15 is 0 Å². The molecule has 0 aliphatic carbocycles. The lowest BCUT2D eigenvalue weighted by Gasteiger charge is -2.31. The second kappa shape index (κ2) is 6.11. The Kier molecular flexibility index (Phi) is 4.67. The van der Waals surface area contributed by atoms with Crippen LogP contribution in [0.1, 0.15) is 12.5 Å². The Hall–Kier alpha value is -1.11. The van der Waals surface area contributed by atoms with Crippen LogP contribution < -0.4 is 5.73 Å². The van der Waals surface area contributed by atoms with E-state index in [1.165, 1.54) is 0 Å². The first-order valence-electron chi connectivity index (χ1n) is 6.85. The molecule has 0 spiro atoms. The number of benzene rings is 1. The Morgan fingerprint density at radius 3 is 2.85 bits per heavy atom. The number of nitrogens with zero attached hydrogens (tertiary/aromatic N) is 1. The van der Waals surface area contributed by atoms with Gasteiger partial charge in [0.25, 0.3) is 0 Å². The molecule has 1 aromatic rings. The smallest absolute Gasteiger partial charge is 0.180 e. The van der Waals surface area contributed by atoms with Crippen LogP contribution in [-0.2, 0) is 14.6 Å². The quantitative estimate of drug-likeness (QED) is 0.842. The van der Waals surface area contributed by atoms with Gasteiger partial charge in [-0.15, -0.1) is 0 Å². The average Bonchev–Trinajstić information content (AvgIpc) is 2.41. The van der Waals surface area contributed by atoms with Gasteiger partial charge in [-0.05, 0) is 37.2 Å². The topological polar surface area (TPSA) is 72.6 Å². The van der Waals surface area contributed by atoms with E-state index in [1.54, 1.807) is 18.2 Å². The molecular weight excluding hydrogens is 276 g/mol. The second-order valence-corrected chi connectivity index (χ2v) is 7.22. The van der Waals surface area contributed by atoms with Crippen LogP contribution in [0.15, 0.2) is 23.1 Å². The van der Waals surface area contributed by atoms with E-state index in [-0.39, 0.29) is 11.9 Å². The van der Waals surface area contributed by atoms with Gasteiger partial charge in [-0.1, -0.05) is 6.92 Å².